The lowest BCUT2D eigenvalue weighted by Gasteiger charge is -2.16. The molecule has 0 spiro atoms. The first-order valence-corrected chi connectivity index (χ1v) is 9.43. The highest BCUT2D eigenvalue weighted by Crippen LogP contribution is 2.25. The first-order valence-electron chi connectivity index (χ1n) is 9.43. The lowest BCUT2D eigenvalue weighted by Crippen LogP contribution is -2.13. The summed E-state index contributed by atoms with van der Waals surface area (Å²) in [6.45, 7) is 5.88. The molecule has 1 atom stereocenters. The highest BCUT2D eigenvalue weighted by Gasteiger charge is 2.11. The van der Waals surface area contributed by atoms with Crippen LogP contribution in [0.15, 0.2) is 65.5 Å². The molecule has 2 N–H and O–H groups in total. The Morgan fingerprint density at radius 1 is 1.03 bits per heavy atom. The van der Waals surface area contributed by atoms with Gasteiger partial charge in [-0.2, -0.15) is 0 Å². The molecule has 0 saturated carbocycles. The van der Waals surface area contributed by atoms with Crippen LogP contribution in [0.3, 0.4) is 0 Å². The number of aromatic nitrogens is 2. The number of benzene rings is 1. The molecular weight excluding hydrogens is 364 g/mol. The second kappa shape index (κ2) is 7.75. The molecule has 3 heterocycles. The van der Waals surface area contributed by atoms with Gasteiger partial charge in [0.1, 0.15) is 11.3 Å². The fourth-order valence-electron chi connectivity index (χ4n) is 3.22. The molecule has 0 unspecified atom stereocenters. The minimum atomic E-state index is -0.179. The van der Waals surface area contributed by atoms with Crippen LogP contribution in [0.25, 0.3) is 11.1 Å². The Morgan fingerprint density at radius 2 is 1.90 bits per heavy atom. The molecule has 6 nitrogen and oxygen atoms in total. The fraction of sp³-hybridized carbons (Fsp3) is 0.174. The van der Waals surface area contributed by atoms with Crippen molar-refractivity contribution in [1.82, 2.24) is 9.97 Å². The molecule has 0 saturated heterocycles. The van der Waals surface area contributed by atoms with E-state index in [1.165, 1.54) is 0 Å². The van der Waals surface area contributed by atoms with Crippen molar-refractivity contribution in [2.75, 3.05) is 10.6 Å². The second-order valence-corrected chi connectivity index (χ2v) is 7.16. The van der Waals surface area contributed by atoms with Crippen molar-refractivity contribution in [2.45, 2.75) is 26.8 Å². The summed E-state index contributed by atoms with van der Waals surface area (Å²) in [6, 6.07) is 13.5. The van der Waals surface area contributed by atoms with Crippen molar-refractivity contribution in [3.63, 3.8) is 0 Å². The Kier molecular flexibility index (Phi) is 4.99. The maximum absolute atomic E-state index is 12.5. The molecule has 3 aromatic heterocycles. The van der Waals surface area contributed by atoms with Crippen LogP contribution in [0.1, 0.15) is 40.2 Å². The molecule has 29 heavy (non-hydrogen) atoms. The van der Waals surface area contributed by atoms with Crippen LogP contribution in [0.2, 0.25) is 0 Å². The quantitative estimate of drug-likeness (QED) is 0.489. The number of hydrogen-bond acceptors (Lipinski definition) is 5. The number of hydrogen-bond donors (Lipinski definition) is 2. The van der Waals surface area contributed by atoms with Gasteiger partial charge in [0.05, 0.1) is 17.4 Å². The normalized spacial score (nSPS) is 12.0. The zero-order valence-electron chi connectivity index (χ0n) is 16.6. The molecule has 4 aromatic rings. The van der Waals surface area contributed by atoms with Crippen LogP contribution in [-0.4, -0.2) is 15.9 Å². The Bertz CT molecular complexity index is 1180. The molecule has 1 aromatic carbocycles. The molecule has 1 amide bonds. The molecule has 4 rings (SSSR count). The molecule has 146 valence electrons. The van der Waals surface area contributed by atoms with Gasteiger partial charge in [-0.3, -0.25) is 14.8 Å². The Morgan fingerprint density at radius 3 is 2.72 bits per heavy atom. The highest BCUT2D eigenvalue weighted by atomic mass is 16.3. The average molecular weight is 386 g/mol. The monoisotopic (exact) mass is 386 g/mol. The van der Waals surface area contributed by atoms with Crippen LogP contribution in [0, 0.1) is 13.8 Å². The molecule has 0 fully saturated rings. The summed E-state index contributed by atoms with van der Waals surface area (Å²) in [5.41, 5.74) is 5.73. The van der Waals surface area contributed by atoms with E-state index in [-0.39, 0.29) is 11.9 Å². The number of amides is 1. The van der Waals surface area contributed by atoms with E-state index in [2.05, 4.69) is 27.5 Å². The smallest absolute Gasteiger partial charge is 0.257 e. The van der Waals surface area contributed by atoms with Gasteiger partial charge in [0, 0.05) is 36.3 Å². The number of rotatable bonds is 5. The van der Waals surface area contributed by atoms with E-state index in [4.69, 9.17) is 4.42 Å². The van der Waals surface area contributed by atoms with Crippen LogP contribution in [0.4, 0.5) is 11.4 Å². The molecular formula is C23H22N4O2. The van der Waals surface area contributed by atoms with Crippen LogP contribution in [-0.2, 0) is 0 Å². The third-order valence-corrected chi connectivity index (χ3v) is 4.66. The summed E-state index contributed by atoms with van der Waals surface area (Å²) >= 11 is 0. The van der Waals surface area contributed by atoms with E-state index in [9.17, 15) is 4.79 Å². The molecule has 6 heteroatoms. The fourth-order valence-corrected chi connectivity index (χ4v) is 3.22. The third kappa shape index (κ3) is 4.27. The zero-order chi connectivity index (χ0) is 20.4. The van der Waals surface area contributed by atoms with Crippen molar-refractivity contribution in [3.8, 4) is 0 Å². The van der Waals surface area contributed by atoms with Crippen molar-refractivity contribution < 1.29 is 9.21 Å². The Balaban J connectivity index is 1.48. The third-order valence-electron chi connectivity index (χ3n) is 4.66. The lowest BCUT2D eigenvalue weighted by molar-refractivity contribution is 0.102. The van der Waals surface area contributed by atoms with Crippen LogP contribution >= 0.6 is 0 Å². The summed E-state index contributed by atoms with van der Waals surface area (Å²) in [5, 5.41) is 6.37. The number of carbonyl (C=O) groups is 1. The molecule has 0 aliphatic carbocycles. The van der Waals surface area contributed by atoms with Gasteiger partial charge in [-0.1, -0.05) is 12.1 Å². The largest absolute Gasteiger partial charge is 0.460 e. The molecule has 0 aliphatic heterocycles. The first-order chi connectivity index (χ1) is 14.0. The van der Waals surface area contributed by atoms with E-state index in [0.29, 0.717) is 5.56 Å². The van der Waals surface area contributed by atoms with E-state index in [1.807, 2.05) is 56.3 Å². The molecule has 0 bridgehead atoms. The van der Waals surface area contributed by atoms with Crippen LogP contribution < -0.4 is 10.6 Å². The number of carbonyl (C=O) groups excluding carboxylic acids is 1. The predicted molar refractivity (Wildman–Crippen MR) is 114 cm³/mol. The summed E-state index contributed by atoms with van der Waals surface area (Å²) in [4.78, 5) is 21.0. The van der Waals surface area contributed by atoms with Gasteiger partial charge in [0.15, 0.2) is 5.58 Å². The van der Waals surface area contributed by atoms with Gasteiger partial charge >= 0.3 is 0 Å². The number of pyridine rings is 2. The molecule has 0 aliphatic rings. The van der Waals surface area contributed by atoms with E-state index in [1.54, 1.807) is 18.6 Å². The van der Waals surface area contributed by atoms with Crippen molar-refractivity contribution in [1.29, 1.82) is 0 Å². The summed E-state index contributed by atoms with van der Waals surface area (Å²) in [7, 11) is 0. The van der Waals surface area contributed by atoms with E-state index >= 15 is 0 Å². The van der Waals surface area contributed by atoms with Crippen molar-refractivity contribution in [2.24, 2.45) is 0 Å². The predicted octanol–water partition coefficient (Wildman–Crippen LogP) is 5.27. The van der Waals surface area contributed by atoms with Crippen molar-refractivity contribution in [3.05, 3.63) is 83.5 Å². The highest BCUT2D eigenvalue weighted by molar-refractivity contribution is 6.04. The lowest BCUT2D eigenvalue weighted by atomic mass is 10.1. The maximum Gasteiger partial charge on any atom is 0.257 e. The summed E-state index contributed by atoms with van der Waals surface area (Å²) < 4.78 is 5.65. The topological polar surface area (TPSA) is 80.0 Å². The summed E-state index contributed by atoms with van der Waals surface area (Å²) in [5.74, 6) is 0.659. The Hall–Kier alpha value is -3.67. The summed E-state index contributed by atoms with van der Waals surface area (Å²) in [6.07, 6.45) is 5.08. The number of nitrogens with zero attached hydrogens (tertiary/aromatic N) is 2. The number of nitrogens with one attached hydrogen (secondary N) is 2. The zero-order valence-corrected chi connectivity index (χ0v) is 16.6. The SMILES string of the molecule is Cc1cncc(C(=O)Nc2cccc([C@H](C)Nc3cnc4cc(C)oc4c3)c2)c1. The van der Waals surface area contributed by atoms with Gasteiger partial charge < -0.3 is 15.1 Å². The molecule has 0 radical (unpaired) electrons. The second-order valence-electron chi connectivity index (χ2n) is 7.16. The van der Waals surface area contributed by atoms with Crippen molar-refractivity contribution >= 4 is 28.4 Å². The Labute approximate surface area is 169 Å². The average Bonchev–Trinajstić information content (AvgIpc) is 3.07. The standard InChI is InChI=1S/C23H22N4O2/c1-14-7-18(12-24-11-14)23(28)27-19-6-4-5-17(9-19)16(3)26-20-10-22-21(25-13-20)8-15(2)29-22/h4-13,16,26H,1-3H3,(H,27,28)/t16-/m0/s1. The maximum atomic E-state index is 12.5. The minimum Gasteiger partial charge on any atom is -0.460 e. The first kappa shape index (κ1) is 18.7. The number of anilines is 2. The van der Waals surface area contributed by atoms with Gasteiger partial charge in [-0.05, 0) is 50.1 Å². The van der Waals surface area contributed by atoms with Gasteiger partial charge in [0.2, 0.25) is 0 Å². The number of aryl methyl sites for hydroxylation is 2. The van der Waals surface area contributed by atoms with Gasteiger partial charge in [0.25, 0.3) is 5.91 Å². The van der Waals surface area contributed by atoms with E-state index in [0.717, 1.165) is 39.4 Å². The van der Waals surface area contributed by atoms with Crippen LogP contribution in [0.5, 0.6) is 0 Å². The van der Waals surface area contributed by atoms with E-state index < -0.39 is 0 Å². The minimum absolute atomic E-state index is 0.0165. The van der Waals surface area contributed by atoms with Gasteiger partial charge in [-0.15, -0.1) is 0 Å². The number of fused-ring (bicyclic) bond motifs is 1. The van der Waals surface area contributed by atoms with Gasteiger partial charge in [-0.25, -0.2) is 0 Å². The number of furan rings is 1.